The van der Waals surface area contributed by atoms with Gasteiger partial charge in [-0.15, -0.1) is 0 Å². The van der Waals surface area contributed by atoms with E-state index in [0.717, 1.165) is 72.3 Å². The summed E-state index contributed by atoms with van der Waals surface area (Å²) in [5, 5.41) is 2.16. The van der Waals surface area contributed by atoms with Crippen molar-refractivity contribution in [2.75, 3.05) is 0 Å². The molecule has 0 amide bonds. The first-order valence-corrected chi connectivity index (χ1v) is 23.3. The van der Waals surface area contributed by atoms with Crippen LogP contribution in [0.4, 0.5) is 0 Å². The molecule has 0 saturated carbocycles. The van der Waals surface area contributed by atoms with E-state index in [0.29, 0.717) is 5.82 Å². The van der Waals surface area contributed by atoms with Crippen LogP contribution in [0, 0.1) is 0 Å². The second-order valence-corrected chi connectivity index (χ2v) is 18.0. The van der Waals surface area contributed by atoms with E-state index in [1.165, 1.54) is 55.6 Å². The van der Waals surface area contributed by atoms with E-state index in [-0.39, 0.29) is 0 Å². The van der Waals surface area contributed by atoms with Crippen LogP contribution in [0.25, 0.3) is 111 Å². The van der Waals surface area contributed by atoms with Crippen molar-refractivity contribution in [2.24, 2.45) is 0 Å². The number of benzene rings is 10. The highest BCUT2D eigenvalue weighted by molar-refractivity contribution is 6.06. The summed E-state index contributed by atoms with van der Waals surface area (Å²) in [5.41, 5.74) is 22.7. The van der Waals surface area contributed by atoms with Crippen LogP contribution in [0.2, 0.25) is 0 Å². The topological polar surface area (TPSA) is 38.9 Å². The molecular formula is C65H40N2O. The molecule has 0 aliphatic heterocycles. The molecule has 0 atom stereocenters. The van der Waals surface area contributed by atoms with E-state index in [1.807, 2.05) is 12.1 Å². The zero-order chi connectivity index (χ0) is 44.8. The summed E-state index contributed by atoms with van der Waals surface area (Å²) >= 11 is 0. The third kappa shape index (κ3) is 5.79. The molecule has 3 nitrogen and oxygen atoms in total. The molecule has 0 unspecified atom stereocenters. The van der Waals surface area contributed by atoms with Crippen LogP contribution in [0.1, 0.15) is 22.3 Å². The molecule has 3 heteroatoms. The fourth-order valence-corrected chi connectivity index (χ4v) is 11.3. The lowest BCUT2D eigenvalue weighted by molar-refractivity contribution is 0.669. The van der Waals surface area contributed by atoms with Crippen molar-refractivity contribution in [3.05, 3.63) is 265 Å². The Balaban J connectivity index is 1.05. The van der Waals surface area contributed by atoms with Crippen molar-refractivity contribution < 1.29 is 4.42 Å². The molecule has 1 spiro atoms. The lowest BCUT2D eigenvalue weighted by atomic mass is 9.65. The highest BCUT2D eigenvalue weighted by atomic mass is 16.3. The molecule has 0 bridgehead atoms. The molecular weight excluding hydrogens is 825 g/mol. The summed E-state index contributed by atoms with van der Waals surface area (Å²) in [7, 11) is 0. The monoisotopic (exact) mass is 864 g/mol. The van der Waals surface area contributed by atoms with Gasteiger partial charge in [0.15, 0.2) is 5.82 Å². The van der Waals surface area contributed by atoms with Gasteiger partial charge in [0.05, 0.1) is 16.8 Å². The quantitative estimate of drug-likeness (QED) is 0.173. The van der Waals surface area contributed by atoms with Crippen molar-refractivity contribution >= 4 is 21.9 Å². The molecule has 2 heterocycles. The minimum atomic E-state index is -0.617. The molecule has 2 aliphatic carbocycles. The fourth-order valence-electron chi connectivity index (χ4n) is 11.3. The summed E-state index contributed by atoms with van der Waals surface area (Å²) in [6.45, 7) is 0. The summed E-state index contributed by atoms with van der Waals surface area (Å²) in [6.07, 6.45) is 0. The third-order valence-electron chi connectivity index (χ3n) is 14.3. The Kier molecular flexibility index (Phi) is 8.50. The van der Waals surface area contributed by atoms with Gasteiger partial charge in [0.25, 0.3) is 0 Å². The number of hydrogen-bond donors (Lipinski definition) is 0. The van der Waals surface area contributed by atoms with Crippen LogP contribution in [-0.4, -0.2) is 9.97 Å². The van der Waals surface area contributed by atoms with Crippen LogP contribution in [0.5, 0.6) is 0 Å². The molecule has 0 fully saturated rings. The second kappa shape index (κ2) is 15.1. The van der Waals surface area contributed by atoms with Gasteiger partial charge in [-0.2, -0.15) is 0 Å². The molecule has 0 saturated heterocycles. The highest BCUT2D eigenvalue weighted by Crippen LogP contribution is 2.61. The van der Waals surface area contributed by atoms with Gasteiger partial charge < -0.3 is 4.42 Å². The maximum Gasteiger partial charge on any atom is 0.160 e. The van der Waals surface area contributed by atoms with Crippen LogP contribution in [-0.2, 0) is 5.41 Å². The average Bonchev–Trinajstić information content (AvgIpc) is 3.91. The Bertz CT molecular complexity index is 3870. The lowest BCUT2D eigenvalue weighted by Crippen LogP contribution is -2.29. The zero-order valence-corrected chi connectivity index (χ0v) is 36.9. The van der Waals surface area contributed by atoms with Crippen LogP contribution >= 0.6 is 0 Å². The van der Waals surface area contributed by atoms with Gasteiger partial charge >= 0.3 is 0 Å². The Hall–Kier alpha value is -8.92. The summed E-state index contributed by atoms with van der Waals surface area (Å²) in [5.74, 6) is 0.628. The number of aromatic nitrogens is 2. The normalized spacial score (nSPS) is 12.8. The largest absolute Gasteiger partial charge is 0.456 e. The van der Waals surface area contributed by atoms with E-state index in [9.17, 15) is 0 Å². The van der Waals surface area contributed by atoms with Gasteiger partial charge in [0, 0.05) is 27.5 Å². The van der Waals surface area contributed by atoms with Crippen LogP contribution < -0.4 is 0 Å². The van der Waals surface area contributed by atoms with Gasteiger partial charge in [-0.05, 0) is 126 Å². The number of para-hydroxylation sites is 1. The van der Waals surface area contributed by atoms with Gasteiger partial charge in [-0.3, -0.25) is 0 Å². The number of rotatable bonds is 5. The number of furan rings is 1. The maximum absolute atomic E-state index is 6.46. The average molecular weight is 865 g/mol. The summed E-state index contributed by atoms with van der Waals surface area (Å²) in [4.78, 5) is 11.0. The first kappa shape index (κ1) is 38.4. The predicted molar refractivity (Wildman–Crippen MR) is 278 cm³/mol. The first-order valence-electron chi connectivity index (χ1n) is 23.3. The van der Waals surface area contributed by atoms with Crippen molar-refractivity contribution in [3.8, 4) is 89.5 Å². The van der Waals surface area contributed by atoms with E-state index in [4.69, 9.17) is 14.4 Å². The number of nitrogens with zero attached hydrogens (tertiary/aromatic N) is 2. The molecule has 316 valence electrons. The van der Waals surface area contributed by atoms with Gasteiger partial charge in [0.1, 0.15) is 11.2 Å². The second-order valence-electron chi connectivity index (χ2n) is 18.0. The van der Waals surface area contributed by atoms with E-state index in [2.05, 4.69) is 231 Å². The molecule has 68 heavy (non-hydrogen) atoms. The molecule has 10 aromatic carbocycles. The lowest BCUT2D eigenvalue weighted by Gasteiger charge is -2.35. The third-order valence-corrected chi connectivity index (χ3v) is 14.3. The van der Waals surface area contributed by atoms with Crippen molar-refractivity contribution in [1.29, 1.82) is 0 Å². The number of hydrogen-bond acceptors (Lipinski definition) is 3. The molecule has 0 radical (unpaired) electrons. The predicted octanol–water partition coefficient (Wildman–Crippen LogP) is 16.7. The van der Waals surface area contributed by atoms with Crippen LogP contribution in [0.15, 0.2) is 247 Å². The zero-order valence-electron chi connectivity index (χ0n) is 36.9. The standard InChI is InChI=1S/C65H40N2O/c1-3-17-41(18-4-1)45-35-46(42-19-5-2-6-20-42)37-47(36-45)61-40-60(66-64(67-61)44-32-34-55-54-26-12-16-30-62(54)68-63(55)39-44)43-31-33-53-49-22-8-7-21-48(49)50-23-9-13-27-56(50)65(59(53)38-43)57-28-14-10-24-51(57)52-25-11-15-29-58(52)65/h1-40H. The van der Waals surface area contributed by atoms with E-state index >= 15 is 0 Å². The smallest absolute Gasteiger partial charge is 0.160 e. The minimum Gasteiger partial charge on any atom is -0.456 e. The van der Waals surface area contributed by atoms with E-state index in [1.54, 1.807) is 0 Å². The van der Waals surface area contributed by atoms with E-state index < -0.39 is 5.41 Å². The maximum atomic E-state index is 6.46. The Morgan fingerprint density at radius 3 is 1.34 bits per heavy atom. The Labute approximate surface area is 394 Å². The molecule has 2 aromatic heterocycles. The molecule has 2 aliphatic rings. The van der Waals surface area contributed by atoms with Crippen molar-refractivity contribution in [2.45, 2.75) is 5.41 Å². The van der Waals surface area contributed by atoms with Gasteiger partial charge in [0.2, 0.25) is 0 Å². The first-order chi connectivity index (χ1) is 33.7. The number of fused-ring (bicyclic) bond motifs is 15. The highest BCUT2D eigenvalue weighted by Gasteiger charge is 2.49. The summed E-state index contributed by atoms with van der Waals surface area (Å²) in [6, 6.07) is 87.8. The van der Waals surface area contributed by atoms with Crippen molar-refractivity contribution in [3.63, 3.8) is 0 Å². The SMILES string of the molecule is c1ccc(-c2cc(-c3ccccc3)cc(-c3cc(-c4ccc5c(c4)C4(c6ccccc6-c6ccccc6-5)c5ccccc5-c5ccccc54)nc(-c4ccc5c(c4)oc4ccccc45)n3)c2)cc1. The Morgan fingerprint density at radius 1 is 0.265 bits per heavy atom. The van der Waals surface area contributed by atoms with Gasteiger partial charge in [-0.25, -0.2) is 9.97 Å². The van der Waals surface area contributed by atoms with Crippen molar-refractivity contribution in [1.82, 2.24) is 9.97 Å². The van der Waals surface area contributed by atoms with Gasteiger partial charge in [-0.1, -0.05) is 194 Å². The minimum absolute atomic E-state index is 0.617. The molecule has 14 rings (SSSR count). The molecule has 0 N–H and O–H groups in total. The summed E-state index contributed by atoms with van der Waals surface area (Å²) < 4.78 is 6.46. The fraction of sp³-hybridized carbons (Fsp3) is 0.0154. The van der Waals surface area contributed by atoms with Crippen LogP contribution in [0.3, 0.4) is 0 Å². The Morgan fingerprint density at radius 2 is 0.721 bits per heavy atom. The molecule has 12 aromatic rings.